The number of benzene rings is 1. The topological polar surface area (TPSA) is 93.1 Å². The van der Waals surface area contributed by atoms with E-state index >= 15 is 0 Å². The number of rotatable bonds is 5. The van der Waals surface area contributed by atoms with Gasteiger partial charge in [-0.3, -0.25) is 4.18 Å². The van der Waals surface area contributed by atoms with Gasteiger partial charge in [0.1, 0.15) is 11.4 Å². The third-order valence-corrected chi connectivity index (χ3v) is 5.20. The van der Waals surface area contributed by atoms with Crippen molar-refractivity contribution < 1.29 is 27.2 Å². The zero-order valence-electron chi connectivity index (χ0n) is 15.4. The number of carbonyl (C=O) groups excluding carboxylic acids is 1. The second kappa shape index (κ2) is 8.37. The minimum Gasteiger partial charge on any atom is -0.444 e. The number of piperidine rings is 1. The van der Waals surface area contributed by atoms with Crippen LogP contribution in [-0.4, -0.2) is 55.9 Å². The second-order valence-corrected chi connectivity index (χ2v) is 9.15. The summed E-state index contributed by atoms with van der Waals surface area (Å²) in [5.41, 5.74) is 0.0424. The molecular formula is C18H27NO6S. The highest BCUT2D eigenvalue weighted by Crippen LogP contribution is 2.21. The summed E-state index contributed by atoms with van der Waals surface area (Å²) in [6, 6.07) is 8.78. The predicted octanol–water partition coefficient (Wildman–Crippen LogP) is 2.15. The van der Waals surface area contributed by atoms with Crippen LogP contribution in [0, 0.1) is 5.92 Å². The lowest BCUT2D eigenvalue weighted by atomic mass is 9.95. The standard InChI is InChI=1S/C18H27NO6S/c1-18(2,3)25-17(21)19-10-9-15(16(20)11-19)12-24-26(22,23)13-14-7-5-4-6-8-14/h4-8,15-16,20H,9-13H2,1-3H3/t15-,16+/m1/s1. The molecule has 0 aliphatic carbocycles. The van der Waals surface area contributed by atoms with Crippen LogP contribution >= 0.6 is 0 Å². The van der Waals surface area contributed by atoms with Crippen LogP contribution in [0.15, 0.2) is 30.3 Å². The highest BCUT2D eigenvalue weighted by molar-refractivity contribution is 7.85. The van der Waals surface area contributed by atoms with Gasteiger partial charge in [0.2, 0.25) is 0 Å². The van der Waals surface area contributed by atoms with Crippen molar-refractivity contribution in [2.45, 2.75) is 44.6 Å². The van der Waals surface area contributed by atoms with E-state index in [2.05, 4.69) is 0 Å². The third kappa shape index (κ3) is 6.59. The van der Waals surface area contributed by atoms with Crippen LogP contribution in [0.2, 0.25) is 0 Å². The molecule has 26 heavy (non-hydrogen) atoms. The maximum absolute atomic E-state index is 12.1. The number of β-amino-alcohol motifs (C(OH)–C–C–N with tert-alkyl or cyclic N) is 1. The fourth-order valence-electron chi connectivity index (χ4n) is 2.68. The maximum atomic E-state index is 12.1. The lowest BCUT2D eigenvalue weighted by molar-refractivity contribution is -0.0206. The lowest BCUT2D eigenvalue weighted by Crippen LogP contribution is -2.49. The molecule has 2 atom stereocenters. The molecule has 2 rings (SSSR count). The van der Waals surface area contributed by atoms with Crippen LogP contribution in [0.3, 0.4) is 0 Å². The van der Waals surface area contributed by atoms with Gasteiger partial charge in [0.05, 0.1) is 19.3 Å². The molecule has 1 amide bonds. The van der Waals surface area contributed by atoms with Crippen molar-refractivity contribution in [2.75, 3.05) is 19.7 Å². The van der Waals surface area contributed by atoms with E-state index in [4.69, 9.17) is 8.92 Å². The van der Waals surface area contributed by atoms with E-state index in [9.17, 15) is 18.3 Å². The van der Waals surface area contributed by atoms with Crippen LogP contribution in [0.25, 0.3) is 0 Å². The first kappa shape index (κ1) is 20.7. The van der Waals surface area contributed by atoms with Crippen LogP contribution in [0.5, 0.6) is 0 Å². The second-order valence-electron chi connectivity index (χ2n) is 7.51. The Morgan fingerprint density at radius 3 is 2.50 bits per heavy atom. The largest absolute Gasteiger partial charge is 0.444 e. The number of hydrogen-bond donors (Lipinski definition) is 1. The summed E-state index contributed by atoms with van der Waals surface area (Å²) in [7, 11) is -3.73. The van der Waals surface area contributed by atoms with Crippen molar-refractivity contribution in [3.8, 4) is 0 Å². The molecule has 8 heteroatoms. The van der Waals surface area contributed by atoms with E-state index in [1.54, 1.807) is 45.0 Å². The van der Waals surface area contributed by atoms with Crippen LogP contribution in [0.1, 0.15) is 32.8 Å². The fourth-order valence-corrected chi connectivity index (χ4v) is 3.74. The number of carbonyl (C=O) groups is 1. The summed E-state index contributed by atoms with van der Waals surface area (Å²) in [5.74, 6) is -0.556. The van der Waals surface area contributed by atoms with Gasteiger partial charge in [0.15, 0.2) is 0 Å². The van der Waals surface area contributed by atoms with Gasteiger partial charge in [0, 0.05) is 12.5 Å². The molecule has 1 fully saturated rings. The van der Waals surface area contributed by atoms with Crippen LogP contribution in [0.4, 0.5) is 4.79 Å². The maximum Gasteiger partial charge on any atom is 0.410 e. The number of nitrogens with zero attached hydrogens (tertiary/aromatic N) is 1. The van der Waals surface area contributed by atoms with Gasteiger partial charge >= 0.3 is 6.09 Å². The first-order valence-corrected chi connectivity index (χ1v) is 10.2. The van der Waals surface area contributed by atoms with Gasteiger partial charge in [-0.2, -0.15) is 8.42 Å². The minimum absolute atomic E-state index is 0.0987. The molecule has 1 aromatic carbocycles. The summed E-state index contributed by atoms with van der Waals surface area (Å²) in [6.07, 6.45) is -0.892. The molecule has 0 bridgehead atoms. The fraction of sp³-hybridized carbons (Fsp3) is 0.611. The summed E-state index contributed by atoms with van der Waals surface area (Å²) in [6.45, 7) is 5.72. The highest BCUT2D eigenvalue weighted by atomic mass is 32.2. The smallest absolute Gasteiger partial charge is 0.410 e. The number of ether oxygens (including phenoxy) is 1. The Morgan fingerprint density at radius 1 is 1.27 bits per heavy atom. The Morgan fingerprint density at radius 2 is 1.92 bits per heavy atom. The number of likely N-dealkylation sites (tertiary alicyclic amines) is 1. The molecular weight excluding hydrogens is 358 g/mol. The molecule has 0 radical (unpaired) electrons. The number of aliphatic hydroxyl groups excluding tert-OH is 1. The molecule has 1 heterocycles. The zero-order valence-corrected chi connectivity index (χ0v) is 16.2. The Labute approximate surface area is 155 Å². The highest BCUT2D eigenvalue weighted by Gasteiger charge is 2.33. The van der Waals surface area contributed by atoms with Gasteiger partial charge < -0.3 is 14.7 Å². The van der Waals surface area contributed by atoms with E-state index < -0.39 is 27.9 Å². The number of aliphatic hydroxyl groups is 1. The van der Waals surface area contributed by atoms with Crippen molar-refractivity contribution in [3.05, 3.63) is 35.9 Å². The molecule has 7 nitrogen and oxygen atoms in total. The van der Waals surface area contributed by atoms with E-state index in [0.29, 0.717) is 18.5 Å². The molecule has 0 saturated carbocycles. The zero-order chi connectivity index (χ0) is 19.4. The van der Waals surface area contributed by atoms with Crippen molar-refractivity contribution in [1.29, 1.82) is 0 Å². The lowest BCUT2D eigenvalue weighted by Gasteiger charge is -2.36. The Kier molecular flexibility index (Phi) is 6.65. The van der Waals surface area contributed by atoms with E-state index in [1.807, 2.05) is 6.07 Å². The molecule has 1 aliphatic rings. The molecule has 0 unspecified atom stereocenters. The van der Waals surface area contributed by atoms with Crippen LogP contribution in [-0.2, 0) is 24.8 Å². The number of hydrogen-bond acceptors (Lipinski definition) is 6. The molecule has 0 aromatic heterocycles. The van der Waals surface area contributed by atoms with E-state index in [-0.39, 0.29) is 24.8 Å². The molecule has 1 saturated heterocycles. The summed E-state index contributed by atoms with van der Waals surface area (Å²) >= 11 is 0. The van der Waals surface area contributed by atoms with Gasteiger partial charge in [-0.05, 0) is 32.8 Å². The Bertz CT molecular complexity index is 698. The summed E-state index contributed by atoms with van der Waals surface area (Å²) < 4.78 is 34.6. The average molecular weight is 385 g/mol. The number of amides is 1. The van der Waals surface area contributed by atoms with Gasteiger partial charge in [-0.25, -0.2) is 4.79 Å². The summed E-state index contributed by atoms with van der Waals surface area (Å²) in [5, 5.41) is 10.2. The van der Waals surface area contributed by atoms with Gasteiger partial charge in [-0.15, -0.1) is 0 Å². The molecule has 146 valence electrons. The quantitative estimate of drug-likeness (QED) is 0.781. The Balaban J connectivity index is 1.83. The SMILES string of the molecule is CC(C)(C)OC(=O)N1CC[C@H](COS(=O)(=O)Cc2ccccc2)[C@@H](O)C1. The van der Waals surface area contributed by atoms with Gasteiger partial charge in [-0.1, -0.05) is 30.3 Å². The average Bonchev–Trinajstić information content (AvgIpc) is 2.52. The molecule has 0 spiro atoms. The van der Waals surface area contributed by atoms with Crippen LogP contribution < -0.4 is 0 Å². The predicted molar refractivity (Wildman–Crippen MR) is 96.9 cm³/mol. The minimum atomic E-state index is -3.73. The first-order valence-electron chi connectivity index (χ1n) is 8.63. The third-order valence-electron chi connectivity index (χ3n) is 4.02. The van der Waals surface area contributed by atoms with Crippen molar-refractivity contribution in [2.24, 2.45) is 5.92 Å². The Hall–Kier alpha value is -1.64. The first-order chi connectivity index (χ1) is 12.1. The van der Waals surface area contributed by atoms with Crippen molar-refractivity contribution >= 4 is 16.2 Å². The van der Waals surface area contributed by atoms with E-state index in [1.165, 1.54) is 4.90 Å². The van der Waals surface area contributed by atoms with E-state index in [0.717, 1.165) is 0 Å². The van der Waals surface area contributed by atoms with Crippen molar-refractivity contribution in [1.82, 2.24) is 4.90 Å². The normalized spacial score (nSPS) is 21.5. The summed E-state index contributed by atoms with van der Waals surface area (Å²) in [4.78, 5) is 13.5. The van der Waals surface area contributed by atoms with Gasteiger partial charge in [0.25, 0.3) is 10.1 Å². The van der Waals surface area contributed by atoms with Crippen molar-refractivity contribution in [3.63, 3.8) is 0 Å². The molecule has 1 aliphatic heterocycles. The monoisotopic (exact) mass is 385 g/mol. The molecule has 1 N–H and O–H groups in total. The molecule has 1 aromatic rings.